The fourth-order valence-corrected chi connectivity index (χ4v) is 3.88. The minimum atomic E-state index is -0.436. The van der Waals surface area contributed by atoms with Crippen LogP contribution in [0.5, 0.6) is 0 Å². The molecule has 0 aliphatic rings. The highest BCUT2D eigenvalue weighted by molar-refractivity contribution is 7.99. The number of nitrogens with one attached hydrogen (secondary N) is 1. The Balaban J connectivity index is 1.66. The van der Waals surface area contributed by atoms with Gasteiger partial charge in [-0.05, 0) is 31.0 Å². The van der Waals surface area contributed by atoms with E-state index in [2.05, 4.69) is 10.3 Å². The van der Waals surface area contributed by atoms with Crippen LogP contribution in [0.1, 0.15) is 30.5 Å². The summed E-state index contributed by atoms with van der Waals surface area (Å²) in [6.07, 6.45) is 3.70. The molecule has 1 heterocycles. The Labute approximate surface area is 180 Å². The van der Waals surface area contributed by atoms with E-state index in [1.54, 1.807) is 13.1 Å². The Morgan fingerprint density at radius 3 is 2.60 bits per heavy atom. The van der Waals surface area contributed by atoms with Gasteiger partial charge in [0.1, 0.15) is 0 Å². The molecule has 1 atom stereocenters. The molecule has 156 valence electrons. The minimum absolute atomic E-state index is 0.0894. The first-order chi connectivity index (χ1) is 14.6. The fraction of sp³-hybridized carbons (Fsp3) is 0.261. The van der Waals surface area contributed by atoms with Crippen LogP contribution in [0.25, 0.3) is 5.69 Å². The van der Waals surface area contributed by atoms with Crippen LogP contribution in [0, 0.1) is 6.92 Å². The maximum Gasteiger partial charge on any atom is 0.308 e. The second kappa shape index (κ2) is 10.6. The monoisotopic (exact) mass is 423 g/mol. The number of esters is 1. The summed E-state index contributed by atoms with van der Waals surface area (Å²) < 4.78 is 7.03. The number of rotatable bonds is 9. The van der Waals surface area contributed by atoms with Crippen molar-refractivity contribution in [1.82, 2.24) is 14.9 Å². The van der Waals surface area contributed by atoms with E-state index < -0.39 is 6.04 Å². The van der Waals surface area contributed by atoms with Crippen molar-refractivity contribution in [3.8, 4) is 5.69 Å². The van der Waals surface area contributed by atoms with Gasteiger partial charge in [-0.2, -0.15) is 0 Å². The van der Waals surface area contributed by atoms with Crippen molar-refractivity contribution in [2.24, 2.45) is 0 Å². The summed E-state index contributed by atoms with van der Waals surface area (Å²) in [7, 11) is 0. The zero-order valence-corrected chi connectivity index (χ0v) is 17.9. The molecular formula is C23H25N3O3S. The first-order valence-electron chi connectivity index (χ1n) is 9.80. The van der Waals surface area contributed by atoms with Crippen molar-refractivity contribution < 1.29 is 14.3 Å². The summed E-state index contributed by atoms with van der Waals surface area (Å²) in [5, 5.41) is 3.70. The molecule has 1 N–H and O–H groups in total. The topological polar surface area (TPSA) is 73.2 Å². The van der Waals surface area contributed by atoms with Crippen LogP contribution in [0.3, 0.4) is 0 Å². The summed E-state index contributed by atoms with van der Waals surface area (Å²) in [4.78, 5) is 29.0. The van der Waals surface area contributed by atoms with E-state index >= 15 is 0 Å². The molecule has 7 heteroatoms. The van der Waals surface area contributed by atoms with Crippen LogP contribution >= 0.6 is 11.8 Å². The van der Waals surface area contributed by atoms with Gasteiger partial charge in [0.25, 0.3) is 0 Å². The quantitative estimate of drug-likeness (QED) is 0.415. The number of aromatic nitrogens is 2. The number of aryl methyl sites for hydroxylation is 1. The van der Waals surface area contributed by atoms with Gasteiger partial charge in [-0.25, -0.2) is 4.98 Å². The Kier molecular flexibility index (Phi) is 7.68. The zero-order valence-electron chi connectivity index (χ0n) is 17.1. The molecule has 0 spiro atoms. The normalized spacial score (nSPS) is 11.7. The summed E-state index contributed by atoms with van der Waals surface area (Å²) >= 11 is 1.36. The SMILES string of the molecule is CCOC(=O)CC(NC(=O)CSc1nccn1-c1ccccc1C)c1ccccc1. The molecule has 0 saturated carbocycles. The number of amides is 1. The molecule has 3 aromatic rings. The third-order valence-electron chi connectivity index (χ3n) is 4.53. The van der Waals surface area contributed by atoms with Gasteiger partial charge in [-0.1, -0.05) is 60.3 Å². The van der Waals surface area contributed by atoms with E-state index in [1.807, 2.05) is 72.3 Å². The predicted octanol–water partition coefficient (Wildman–Crippen LogP) is 4.08. The number of ether oxygens (including phenoxy) is 1. The molecule has 1 unspecified atom stereocenters. The molecule has 6 nitrogen and oxygen atoms in total. The number of nitrogens with zero attached hydrogens (tertiary/aromatic N) is 2. The van der Waals surface area contributed by atoms with Crippen molar-refractivity contribution in [3.05, 3.63) is 78.1 Å². The highest BCUT2D eigenvalue weighted by Crippen LogP contribution is 2.23. The Morgan fingerprint density at radius 2 is 1.87 bits per heavy atom. The van der Waals surface area contributed by atoms with Crippen LogP contribution in [0.2, 0.25) is 0 Å². The lowest BCUT2D eigenvalue weighted by Crippen LogP contribution is -2.32. The number of carbonyl (C=O) groups excluding carboxylic acids is 2. The van der Waals surface area contributed by atoms with E-state index in [1.165, 1.54) is 11.8 Å². The van der Waals surface area contributed by atoms with Crippen molar-refractivity contribution >= 4 is 23.6 Å². The Morgan fingerprint density at radius 1 is 1.13 bits per heavy atom. The molecule has 0 aliphatic heterocycles. The van der Waals surface area contributed by atoms with Crippen molar-refractivity contribution in [2.75, 3.05) is 12.4 Å². The third-order valence-corrected chi connectivity index (χ3v) is 5.49. The average molecular weight is 424 g/mol. The first kappa shape index (κ1) is 21.6. The maximum atomic E-state index is 12.7. The summed E-state index contributed by atoms with van der Waals surface area (Å²) in [6.45, 7) is 4.11. The highest BCUT2D eigenvalue weighted by atomic mass is 32.2. The first-order valence-corrected chi connectivity index (χ1v) is 10.8. The minimum Gasteiger partial charge on any atom is -0.466 e. The van der Waals surface area contributed by atoms with Crippen molar-refractivity contribution in [3.63, 3.8) is 0 Å². The largest absolute Gasteiger partial charge is 0.466 e. The number of hydrogen-bond acceptors (Lipinski definition) is 5. The number of imidazole rings is 1. The second-order valence-corrected chi connectivity index (χ2v) is 7.64. The molecule has 0 bridgehead atoms. The van der Waals surface area contributed by atoms with Crippen molar-refractivity contribution in [1.29, 1.82) is 0 Å². The zero-order chi connectivity index (χ0) is 21.3. The number of para-hydroxylation sites is 1. The standard InChI is InChI=1S/C23H25N3O3S/c1-3-29-22(28)15-19(18-10-5-4-6-11-18)25-21(27)16-30-23-24-13-14-26(23)20-12-8-7-9-17(20)2/h4-14,19H,3,15-16H2,1-2H3,(H,25,27). The number of thioether (sulfide) groups is 1. The van der Waals surface area contributed by atoms with Gasteiger partial charge in [0, 0.05) is 12.4 Å². The van der Waals surface area contributed by atoms with Crippen LogP contribution in [0.4, 0.5) is 0 Å². The smallest absolute Gasteiger partial charge is 0.308 e. The molecule has 0 radical (unpaired) electrons. The molecule has 3 rings (SSSR count). The molecule has 2 aromatic carbocycles. The summed E-state index contributed by atoms with van der Waals surface area (Å²) in [5.41, 5.74) is 3.02. The van der Waals surface area contributed by atoms with Gasteiger partial charge in [0.2, 0.25) is 5.91 Å². The van der Waals surface area contributed by atoms with Gasteiger partial charge in [0.05, 0.1) is 30.5 Å². The van der Waals surface area contributed by atoms with Crippen LogP contribution in [-0.2, 0) is 14.3 Å². The summed E-state index contributed by atoms with van der Waals surface area (Å²) in [6, 6.07) is 17.0. The highest BCUT2D eigenvalue weighted by Gasteiger charge is 2.20. The summed E-state index contributed by atoms with van der Waals surface area (Å²) in [5.74, 6) is -0.318. The lowest BCUT2D eigenvalue weighted by Gasteiger charge is -2.18. The van der Waals surface area contributed by atoms with E-state index in [9.17, 15) is 9.59 Å². The van der Waals surface area contributed by atoms with Crippen LogP contribution < -0.4 is 5.32 Å². The van der Waals surface area contributed by atoms with Crippen molar-refractivity contribution in [2.45, 2.75) is 31.5 Å². The van der Waals surface area contributed by atoms with E-state index in [0.29, 0.717) is 6.61 Å². The number of carbonyl (C=O) groups is 2. The van der Waals surface area contributed by atoms with Crippen LogP contribution in [-0.4, -0.2) is 33.8 Å². The average Bonchev–Trinajstić information content (AvgIpc) is 3.21. The molecule has 0 aliphatic carbocycles. The Bertz CT molecular complexity index is 988. The van der Waals surface area contributed by atoms with Gasteiger partial charge < -0.3 is 10.1 Å². The van der Waals surface area contributed by atoms with Gasteiger partial charge in [0.15, 0.2) is 5.16 Å². The molecular weight excluding hydrogens is 398 g/mol. The van der Waals surface area contributed by atoms with Gasteiger partial charge >= 0.3 is 5.97 Å². The predicted molar refractivity (Wildman–Crippen MR) is 118 cm³/mol. The van der Waals surface area contributed by atoms with E-state index in [-0.39, 0.29) is 24.1 Å². The molecule has 0 fully saturated rings. The molecule has 30 heavy (non-hydrogen) atoms. The molecule has 1 amide bonds. The second-order valence-electron chi connectivity index (χ2n) is 6.69. The molecule has 0 saturated heterocycles. The Hall–Kier alpha value is -3.06. The molecule has 1 aromatic heterocycles. The maximum absolute atomic E-state index is 12.7. The van der Waals surface area contributed by atoms with E-state index in [4.69, 9.17) is 4.74 Å². The fourth-order valence-electron chi connectivity index (χ4n) is 3.10. The van der Waals surface area contributed by atoms with Crippen LogP contribution in [0.15, 0.2) is 72.1 Å². The lowest BCUT2D eigenvalue weighted by molar-refractivity contribution is -0.143. The lowest BCUT2D eigenvalue weighted by atomic mass is 10.0. The van der Waals surface area contributed by atoms with E-state index in [0.717, 1.165) is 22.0 Å². The number of benzene rings is 2. The third kappa shape index (κ3) is 5.73. The number of hydrogen-bond donors (Lipinski definition) is 1. The van der Waals surface area contributed by atoms with Gasteiger partial charge in [-0.15, -0.1) is 0 Å². The van der Waals surface area contributed by atoms with Gasteiger partial charge in [-0.3, -0.25) is 14.2 Å².